The topological polar surface area (TPSA) is 104 Å². The lowest BCUT2D eigenvalue weighted by Gasteiger charge is -2.27. The Morgan fingerprint density at radius 2 is 1.37 bits per heavy atom. The van der Waals surface area contributed by atoms with Crippen LogP contribution in [0.5, 0.6) is 5.75 Å². The highest BCUT2D eigenvalue weighted by molar-refractivity contribution is 6.31. The van der Waals surface area contributed by atoms with E-state index >= 15 is 0 Å². The van der Waals surface area contributed by atoms with E-state index in [1.165, 1.54) is 6.20 Å². The first-order valence-electron chi connectivity index (χ1n) is 16.6. The molecule has 5 rings (SSSR count). The van der Waals surface area contributed by atoms with Crippen LogP contribution in [0.15, 0.2) is 91.3 Å². The summed E-state index contributed by atoms with van der Waals surface area (Å²) in [5.74, 6) is -0.140. The first kappa shape index (κ1) is 35.7. The van der Waals surface area contributed by atoms with Gasteiger partial charge in [0, 0.05) is 35.9 Å². The van der Waals surface area contributed by atoms with Crippen LogP contribution in [0.3, 0.4) is 0 Å². The number of hydrogen-bond donors (Lipinski definition) is 2. The maximum Gasteiger partial charge on any atom is 0.255 e. The fourth-order valence-corrected chi connectivity index (χ4v) is 6.15. The number of hydrogen-bond acceptors (Lipinski definition) is 6. The number of benzene rings is 3. The Balaban J connectivity index is 1.34. The number of ether oxygens (including phenoxy) is 1. The average Bonchev–Trinajstić information content (AvgIpc) is 3.11. The van der Waals surface area contributed by atoms with Crippen molar-refractivity contribution in [3.63, 3.8) is 0 Å². The molecular weight excluding hydrogens is 661 g/mol. The molecule has 0 fully saturated rings. The maximum absolute atomic E-state index is 14.0. The number of amides is 3. The van der Waals surface area contributed by atoms with Gasteiger partial charge in [-0.05, 0) is 67.1 Å². The van der Waals surface area contributed by atoms with Gasteiger partial charge in [0.1, 0.15) is 12.3 Å². The molecule has 2 heterocycles. The molecule has 49 heavy (non-hydrogen) atoms. The van der Waals surface area contributed by atoms with Gasteiger partial charge < -0.3 is 25.2 Å². The summed E-state index contributed by atoms with van der Waals surface area (Å²) in [5.41, 5.74) is 3.44. The predicted octanol–water partition coefficient (Wildman–Crippen LogP) is 6.64. The Morgan fingerprint density at radius 1 is 0.755 bits per heavy atom. The van der Waals surface area contributed by atoms with Crippen LogP contribution in [0.2, 0.25) is 10.0 Å². The number of halogens is 2. The van der Waals surface area contributed by atoms with Crippen LogP contribution >= 0.6 is 23.2 Å². The second kappa shape index (κ2) is 18.2. The molecule has 1 aromatic heterocycles. The Hall–Kier alpha value is -4.60. The summed E-state index contributed by atoms with van der Waals surface area (Å²) in [4.78, 5) is 48.2. The van der Waals surface area contributed by atoms with Crippen LogP contribution in [-0.4, -0.2) is 66.9 Å². The summed E-state index contributed by atoms with van der Waals surface area (Å²) in [7, 11) is 0. The van der Waals surface area contributed by atoms with Crippen LogP contribution in [0.25, 0.3) is 0 Å². The third kappa shape index (κ3) is 10.4. The van der Waals surface area contributed by atoms with E-state index in [-0.39, 0.29) is 30.8 Å². The van der Waals surface area contributed by atoms with E-state index in [1.54, 1.807) is 22.1 Å². The van der Waals surface area contributed by atoms with Gasteiger partial charge in [0.2, 0.25) is 11.8 Å². The molecule has 3 aromatic carbocycles. The van der Waals surface area contributed by atoms with Crippen LogP contribution in [0, 0.1) is 0 Å². The van der Waals surface area contributed by atoms with Crippen LogP contribution in [0.1, 0.15) is 47.2 Å². The molecule has 0 unspecified atom stereocenters. The molecule has 2 bridgehead atoms. The Bertz CT molecular complexity index is 1740. The molecule has 0 atom stereocenters. The number of anilines is 2. The molecule has 0 radical (unpaired) electrons. The van der Waals surface area contributed by atoms with Gasteiger partial charge >= 0.3 is 0 Å². The standard InChI is InChI=1S/C38H41Cl2N5O4/c39-32-13-5-3-11-28(32)17-19-42-36(46)26-44-21-9-1-2-10-22-49-35-16-8-7-15-34(35)45(31-23-30(38(44)48)24-41-25-31)27-37(47)43-20-18-29-12-4-6-14-33(29)40/h3-8,11-16,23-25H,1-2,9-10,17-22,26-27H2,(H,42,46)(H,43,47). The van der Waals surface area contributed by atoms with Crippen molar-refractivity contribution in [2.24, 2.45) is 0 Å². The summed E-state index contributed by atoms with van der Waals surface area (Å²) in [6.07, 6.45) is 7.62. The minimum atomic E-state index is -0.306. The van der Waals surface area contributed by atoms with E-state index in [2.05, 4.69) is 15.6 Å². The SMILES string of the molecule is O=C(CN1CCCCCCOc2ccccc2N(CC(=O)NCCc2ccccc2Cl)c2cncc(c2)C1=O)NCCc1ccccc1Cl. The fourth-order valence-electron chi connectivity index (χ4n) is 5.69. The van der Waals surface area contributed by atoms with Crippen LogP contribution in [-0.2, 0) is 22.4 Å². The van der Waals surface area contributed by atoms with Gasteiger partial charge in [-0.3, -0.25) is 19.4 Å². The van der Waals surface area contributed by atoms with E-state index in [0.29, 0.717) is 71.8 Å². The fraction of sp³-hybridized carbons (Fsp3) is 0.316. The smallest absolute Gasteiger partial charge is 0.255 e. The minimum Gasteiger partial charge on any atom is -0.491 e. The monoisotopic (exact) mass is 701 g/mol. The van der Waals surface area contributed by atoms with Gasteiger partial charge in [-0.25, -0.2) is 0 Å². The summed E-state index contributed by atoms with van der Waals surface area (Å²) in [6, 6.07) is 24.3. The van der Waals surface area contributed by atoms with Crippen molar-refractivity contribution in [3.8, 4) is 5.75 Å². The van der Waals surface area contributed by atoms with E-state index in [0.717, 1.165) is 36.8 Å². The van der Waals surface area contributed by atoms with Gasteiger partial charge in [0.15, 0.2) is 0 Å². The number of nitrogens with one attached hydrogen (secondary N) is 2. The molecule has 2 N–H and O–H groups in total. The van der Waals surface area contributed by atoms with Crippen LogP contribution < -0.4 is 20.3 Å². The number of pyridine rings is 1. The van der Waals surface area contributed by atoms with Crippen LogP contribution in [0.4, 0.5) is 11.4 Å². The number of aromatic nitrogens is 1. The summed E-state index contributed by atoms with van der Waals surface area (Å²) in [5, 5.41) is 7.24. The highest BCUT2D eigenvalue weighted by Crippen LogP contribution is 2.34. The number of carbonyl (C=O) groups excluding carboxylic acids is 3. The molecule has 1 aliphatic rings. The molecule has 0 saturated carbocycles. The number of rotatable bonds is 10. The molecule has 256 valence electrons. The second-order valence-corrected chi connectivity index (χ2v) is 12.7. The quantitative estimate of drug-likeness (QED) is 0.192. The van der Waals surface area contributed by atoms with Gasteiger partial charge in [0.05, 0.1) is 36.3 Å². The van der Waals surface area contributed by atoms with Crippen molar-refractivity contribution in [1.82, 2.24) is 20.5 Å². The number of para-hydroxylation sites is 2. The zero-order chi connectivity index (χ0) is 34.4. The molecular formula is C38H41Cl2N5O4. The highest BCUT2D eigenvalue weighted by atomic mass is 35.5. The zero-order valence-corrected chi connectivity index (χ0v) is 28.9. The molecule has 1 aliphatic heterocycles. The highest BCUT2D eigenvalue weighted by Gasteiger charge is 2.23. The second-order valence-electron chi connectivity index (χ2n) is 11.9. The normalized spacial score (nSPS) is 13.8. The van der Waals surface area contributed by atoms with Gasteiger partial charge in [-0.15, -0.1) is 0 Å². The number of carbonyl (C=O) groups is 3. The van der Waals surface area contributed by atoms with E-state index in [4.69, 9.17) is 27.9 Å². The molecule has 11 heteroatoms. The van der Waals surface area contributed by atoms with Crippen molar-refractivity contribution in [2.75, 3.05) is 44.2 Å². The van der Waals surface area contributed by atoms with E-state index < -0.39 is 0 Å². The van der Waals surface area contributed by atoms with Crippen molar-refractivity contribution >= 4 is 52.3 Å². The van der Waals surface area contributed by atoms with Crippen molar-refractivity contribution in [1.29, 1.82) is 0 Å². The first-order valence-corrected chi connectivity index (χ1v) is 17.4. The van der Waals surface area contributed by atoms with E-state index in [9.17, 15) is 14.4 Å². The average molecular weight is 703 g/mol. The Morgan fingerprint density at radius 3 is 2.06 bits per heavy atom. The lowest BCUT2D eigenvalue weighted by atomic mass is 10.1. The Kier molecular flexibility index (Phi) is 13.3. The molecule has 0 spiro atoms. The van der Waals surface area contributed by atoms with Crippen molar-refractivity contribution < 1.29 is 19.1 Å². The number of nitrogens with zero attached hydrogens (tertiary/aromatic N) is 3. The molecule has 0 aliphatic carbocycles. The first-order chi connectivity index (χ1) is 23.9. The maximum atomic E-state index is 14.0. The van der Waals surface area contributed by atoms with Crippen molar-refractivity contribution in [3.05, 3.63) is 118 Å². The largest absolute Gasteiger partial charge is 0.491 e. The third-order valence-electron chi connectivity index (χ3n) is 8.29. The van der Waals surface area contributed by atoms with E-state index in [1.807, 2.05) is 72.8 Å². The minimum absolute atomic E-state index is 0.0419. The summed E-state index contributed by atoms with van der Waals surface area (Å²) >= 11 is 12.6. The summed E-state index contributed by atoms with van der Waals surface area (Å²) < 4.78 is 6.22. The third-order valence-corrected chi connectivity index (χ3v) is 9.03. The molecule has 9 nitrogen and oxygen atoms in total. The van der Waals surface area contributed by atoms with Gasteiger partial charge in [-0.2, -0.15) is 0 Å². The lowest BCUT2D eigenvalue weighted by Crippen LogP contribution is -2.42. The molecule has 0 saturated heterocycles. The predicted molar refractivity (Wildman–Crippen MR) is 194 cm³/mol. The van der Waals surface area contributed by atoms with Crippen molar-refractivity contribution in [2.45, 2.75) is 38.5 Å². The zero-order valence-electron chi connectivity index (χ0n) is 27.4. The Labute approximate surface area is 297 Å². The van der Waals surface area contributed by atoms with Gasteiger partial charge in [0.25, 0.3) is 5.91 Å². The summed E-state index contributed by atoms with van der Waals surface area (Å²) in [6.45, 7) is 1.59. The lowest BCUT2D eigenvalue weighted by molar-refractivity contribution is -0.122. The molecule has 3 amide bonds. The van der Waals surface area contributed by atoms with Gasteiger partial charge in [-0.1, -0.05) is 84.6 Å². The molecule has 4 aromatic rings. The number of fused-ring (bicyclic) bond motifs is 3.